The van der Waals surface area contributed by atoms with Crippen molar-refractivity contribution in [2.45, 2.75) is 26.4 Å². The molecule has 90 valence electrons. The zero-order valence-electron chi connectivity index (χ0n) is 9.43. The van der Waals surface area contributed by atoms with Crippen LogP contribution in [0.2, 0.25) is 0 Å². The number of alkyl halides is 1. The molecule has 0 aliphatic rings. The molecule has 1 rings (SSSR count). The first-order valence-corrected chi connectivity index (χ1v) is 6.40. The number of benzene rings is 1. The topological polar surface area (TPSA) is 12.0 Å². The van der Waals surface area contributed by atoms with E-state index in [1.54, 1.807) is 6.07 Å². The lowest BCUT2D eigenvalue weighted by Crippen LogP contribution is -2.34. The first-order chi connectivity index (χ1) is 7.54. The van der Waals surface area contributed by atoms with Gasteiger partial charge >= 0.3 is 0 Å². The van der Waals surface area contributed by atoms with Gasteiger partial charge in [-0.25, -0.2) is 8.78 Å². The smallest absolute Gasteiger partial charge is 0.159 e. The molecular formula is C12H16BrF2N. The molecule has 0 amide bonds. The first-order valence-electron chi connectivity index (χ1n) is 5.28. The number of halogens is 3. The molecule has 16 heavy (non-hydrogen) atoms. The van der Waals surface area contributed by atoms with Gasteiger partial charge in [0.1, 0.15) is 0 Å². The quantitative estimate of drug-likeness (QED) is 0.819. The third-order valence-corrected chi connectivity index (χ3v) is 3.22. The molecule has 0 aliphatic carbocycles. The third-order valence-electron chi connectivity index (χ3n) is 2.52. The summed E-state index contributed by atoms with van der Waals surface area (Å²) >= 11 is 3.42. The molecule has 0 radical (unpaired) electrons. The molecule has 0 saturated heterocycles. The standard InChI is InChI=1S/C12H16BrF2N/c1-8(2)12(6-13)16-7-9-3-4-10(14)11(15)5-9/h3-5,8,12,16H,6-7H2,1-2H3. The van der Waals surface area contributed by atoms with E-state index in [1.807, 2.05) is 0 Å². The zero-order valence-corrected chi connectivity index (χ0v) is 11.0. The van der Waals surface area contributed by atoms with Gasteiger partial charge < -0.3 is 5.32 Å². The third kappa shape index (κ3) is 3.83. The van der Waals surface area contributed by atoms with E-state index in [9.17, 15) is 8.78 Å². The van der Waals surface area contributed by atoms with Crippen LogP contribution < -0.4 is 5.32 Å². The van der Waals surface area contributed by atoms with Crippen LogP contribution in [0.3, 0.4) is 0 Å². The maximum atomic E-state index is 12.9. The molecule has 0 heterocycles. The SMILES string of the molecule is CC(C)C(CBr)NCc1ccc(F)c(F)c1. The lowest BCUT2D eigenvalue weighted by atomic mass is 10.1. The highest BCUT2D eigenvalue weighted by atomic mass is 79.9. The van der Waals surface area contributed by atoms with Gasteiger partial charge in [-0.05, 0) is 23.6 Å². The summed E-state index contributed by atoms with van der Waals surface area (Å²) in [6.45, 7) is 4.78. The Morgan fingerprint density at radius 2 is 1.94 bits per heavy atom. The van der Waals surface area contributed by atoms with Crippen LogP contribution in [0, 0.1) is 17.6 Å². The summed E-state index contributed by atoms with van der Waals surface area (Å²) in [6, 6.07) is 4.31. The van der Waals surface area contributed by atoms with Crippen LogP contribution in [-0.2, 0) is 6.54 Å². The lowest BCUT2D eigenvalue weighted by Gasteiger charge is -2.19. The summed E-state index contributed by atoms with van der Waals surface area (Å²) in [5, 5.41) is 4.14. The molecule has 0 spiro atoms. The summed E-state index contributed by atoms with van der Waals surface area (Å²) in [5.74, 6) is -1.10. The average Bonchev–Trinajstić information content (AvgIpc) is 2.23. The van der Waals surface area contributed by atoms with Crippen molar-refractivity contribution in [2.75, 3.05) is 5.33 Å². The van der Waals surface area contributed by atoms with Crippen molar-refractivity contribution in [1.29, 1.82) is 0 Å². The van der Waals surface area contributed by atoms with Gasteiger partial charge in [0.25, 0.3) is 0 Å². The molecule has 1 unspecified atom stereocenters. The van der Waals surface area contributed by atoms with E-state index < -0.39 is 11.6 Å². The van der Waals surface area contributed by atoms with Crippen LogP contribution >= 0.6 is 15.9 Å². The summed E-state index contributed by atoms with van der Waals surface area (Å²) in [6.07, 6.45) is 0. The van der Waals surface area contributed by atoms with Crippen LogP contribution in [0.1, 0.15) is 19.4 Å². The second-order valence-corrected chi connectivity index (χ2v) is 4.78. The fraction of sp³-hybridized carbons (Fsp3) is 0.500. The fourth-order valence-electron chi connectivity index (χ4n) is 1.37. The lowest BCUT2D eigenvalue weighted by molar-refractivity contribution is 0.432. The molecule has 0 aliphatic heterocycles. The van der Waals surface area contributed by atoms with E-state index in [1.165, 1.54) is 6.07 Å². The minimum absolute atomic E-state index is 0.327. The van der Waals surface area contributed by atoms with E-state index in [2.05, 4.69) is 35.1 Å². The van der Waals surface area contributed by atoms with Crippen LogP contribution in [0.5, 0.6) is 0 Å². The monoisotopic (exact) mass is 291 g/mol. The summed E-state index contributed by atoms with van der Waals surface area (Å²) < 4.78 is 25.6. The number of hydrogen-bond donors (Lipinski definition) is 1. The van der Waals surface area contributed by atoms with Crippen molar-refractivity contribution in [3.63, 3.8) is 0 Å². The minimum atomic E-state index is -0.801. The maximum absolute atomic E-state index is 12.9. The first kappa shape index (κ1) is 13.6. The number of hydrogen-bond acceptors (Lipinski definition) is 1. The van der Waals surface area contributed by atoms with Gasteiger partial charge in [0, 0.05) is 17.9 Å². The Hall–Kier alpha value is -0.480. The Morgan fingerprint density at radius 3 is 2.44 bits per heavy atom. The van der Waals surface area contributed by atoms with Gasteiger partial charge in [-0.2, -0.15) is 0 Å². The fourth-order valence-corrected chi connectivity index (χ4v) is 2.34. The minimum Gasteiger partial charge on any atom is -0.309 e. The normalized spacial score (nSPS) is 13.1. The largest absolute Gasteiger partial charge is 0.309 e. The Morgan fingerprint density at radius 1 is 1.25 bits per heavy atom. The zero-order chi connectivity index (χ0) is 12.1. The van der Waals surface area contributed by atoms with Crippen molar-refractivity contribution >= 4 is 15.9 Å². The summed E-state index contributed by atoms with van der Waals surface area (Å²) in [4.78, 5) is 0. The highest BCUT2D eigenvalue weighted by molar-refractivity contribution is 9.09. The second kappa shape index (κ2) is 6.30. The van der Waals surface area contributed by atoms with Gasteiger partial charge in [0.05, 0.1) is 0 Å². The van der Waals surface area contributed by atoms with Gasteiger partial charge in [0.2, 0.25) is 0 Å². The highest BCUT2D eigenvalue weighted by Crippen LogP contribution is 2.10. The van der Waals surface area contributed by atoms with Crippen molar-refractivity contribution in [1.82, 2.24) is 5.32 Å². The second-order valence-electron chi connectivity index (χ2n) is 4.13. The summed E-state index contributed by atoms with van der Waals surface area (Å²) in [5.41, 5.74) is 0.755. The van der Waals surface area contributed by atoms with E-state index in [0.717, 1.165) is 17.0 Å². The van der Waals surface area contributed by atoms with Gasteiger partial charge in [0.15, 0.2) is 11.6 Å². The molecule has 1 nitrogen and oxygen atoms in total. The van der Waals surface area contributed by atoms with E-state index in [-0.39, 0.29) is 0 Å². The van der Waals surface area contributed by atoms with Crippen LogP contribution in [0.15, 0.2) is 18.2 Å². The molecule has 0 fully saturated rings. The van der Waals surface area contributed by atoms with Crippen molar-refractivity contribution < 1.29 is 8.78 Å². The van der Waals surface area contributed by atoms with E-state index >= 15 is 0 Å². The molecule has 1 aromatic rings. The highest BCUT2D eigenvalue weighted by Gasteiger charge is 2.11. The van der Waals surface area contributed by atoms with Gasteiger partial charge in [-0.15, -0.1) is 0 Å². The average molecular weight is 292 g/mol. The summed E-state index contributed by atoms with van der Waals surface area (Å²) in [7, 11) is 0. The number of nitrogens with one attached hydrogen (secondary N) is 1. The molecule has 0 aromatic heterocycles. The Bertz CT molecular complexity index is 342. The Labute approximate surface area is 103 Å². The molecule has 1 N–H and O–H groups in total. The molecule has 1 aromatic carbocycles. The van der Waals surface area contributed by atoms with Gasteiger partial charge in [-0.1, -0.05) is 35.8 Å². The molecule has 0 bridgehead atoms. The van der Waals surface area contributed by atoms with Crippen molar-refractivity contribution in [3.8, 4) is 0 Å². The maximum Gasteiger partial charge on any atom is 0.159 e. The Kier molecular flexibility index (Phi) is 5.35. The number of rotatable bonds is 5. The molecular weight excluding hydrogens is 276 g/mol. The molecule has 1 atom stereocenters. The molecule has 0 saturated carbocycles. The predicted molar refractivity (Wildman–Crippen MR) is 65.6 cm³/mol. The van der Waals surface area contributed by atoms with Crippen LogP contribution in [0.4, 0.5) is 8.78 Å². The van der Waals surface area contributed by atoms with Crippen molar-refractivity contribution in [3.05, 3.63) is 35.4 Å². The molecule has 4 heteroatoms. The van der Waals surface area contributed by atoms with E-state index in [0.29, 0.717) is 18.5 Å². The van der Waals surface area contributed by atoms with E-state index in [4.69, 9.17) is 0 Å². The predicted octanol–water partition coefficient (Wildman–Crippen LogP) is 3.47. The van der Waals surface area contributed by atoms with Crippen molar-refractivity contribution in [2.24, 2.45) is 5.92 Å². The van der Waals surface area contributed by atoms with Gasteiger partial charge in [-0.3, -0.25) is 0 Å². The Balaban J connectivity index is 2.57. The van der Waals surface area contributed by atoms with Crippen LogP contribution in [0.25, 0.3) is 0 Å². The van der Waals surface area contributed by atoms with Crippen LogP contribution in [-0.4, -0.2) is 11.4 Å².